The predicted octanol–water partition coefficient (Wildman–Crippen LogP) is 6.22. The molecule has 0 bridgehead atoms. The van der Waals surface area contributed by atoms with Gasteiger partial charge in [0.2, 0.25) is 0 Å². The molecule has 5 aromatic carbocycles. The van der Waals surface area contributed by atoms with Crippen LogP contribution in [-0.4, -0.2) is 19.2 Å². The van der Waals surface area contributed by atoms with Gasteiger partial charge in [0.15, 0.2) is 0 Å². The maximum atomic E-state index is 13.0. The monoisotopic (exact) mass is 485 g/mol. The lowest BCUT2D eigenvalue weighted by Gasteiger charge is -2.13. The Morgan fingerprint density at radius 2 is 1.59 bits per heavy atom. The van der Waals surface area contributed by atoms with Crippen molar-refractivity contribution in [2.45, 2.75) is 6.61 Å². The fourth-order valence-corrected chi connectivity index (χ4v) is 4.23. The standard InChI is InChI=1S/C31H23N3O3/c1-36-30-17-23-10-3-2-9-22(23)16-27(30)31(35)34-33-19-28-26-13-7-6-8-21(26)14-15-29(28)37-20-25-12-5-4-11-24(25)18-32/h2-17,19H,20H2,1H3,(H,34,35). The Kier molecular flexibility index (Phi) is 6.78. The van der Waals surface area contributed by atoms with Gasteiger partial charge in [0, 0.05) is 11.1 Å². The van der Waals surface area contributed by atoms with Crippen LogP contribution in [0.5, 0.6) is 11.5 Å². The topological polar surface area (TPSA) is 83.7 Å². The lowest BCUT2D eigenvalue weighted by molar-refractivity contribution is 0.0952. The fourth-order valence-electron chi connectivity index (χ4n) is 4.23. The first-order valence-corrected chi connectivity index (χ1v) is 11.7. The Balaban J connectivity index is 1.43. The predicted molar refractivity (Wildman–Crippen MR) is 145 cm³/mol. The highest BCUT2D eigenvalue weighted by molar-refractivity contribution is 6.04. The molecule has 0 radical (unpaired) electrons. The summed E-state index contributed by atoms with van der Waals surface area (Å²) < 4.78 is 11.6. The number of hydrogen-bond acceptors (Lipinski definition) is 5. The lowest BCUT2D eigenvalue weighted by atomic mass is 10.0. The number of carbonyl (C=O) groups excluding carboxylic acids is 1. The van der Waals surface area contributed by atoms with Crippen LogP contribution in [0.2, 0.25) is 0 Å². The number of nitrogens with one attached hydrogen (secondary N) is 1. The minimum Gasteiger partial charge on any atom is -0.496 e. The van der Waals surface area contributed by atoms with Gasteiger partial charge in [-0.3, -0.25) is 4.79 Å². The number of nitrogens with zero attached hydrogens (tertiary/aromatic N) is 2. The third kappa shape index (κ3) is 4.97. The van der Waals surface area contributed by atoms with Crippen molar-refractivity contribution in [2.75, 3.05) is 7.11 Å². The third-order valence-electron chi connectivity index (χ3n) is 6.12. The minimum atomic E-state index is -0.385. The van der Waals surface area contributed by atoms with Crippen LogP contribution in [0, 0.1) is 11.3 Å². The first kappa shape index (κ1) is 23.6. The Bertz CT molecular complexity index is 1690. The summed E-state index contributed by atoms with van der Waals surface area (Å²) in [6, 6.07) is 32.6. The van der Waals surface area contributed by atoms with Crippen LogP contribution in [0.15, 0.2) is 102 Å². The molecule has 0 aromatic heterocycles. The van der Waals surface area contributed by atoms with Crippen molar-refractivity contribution in [1.29, 1.82) is 5.26 Å². The second kappa shape index (κ2) is 10.6. The molecule has 0 aliphatic rings. The second-order valence-corrected chi connectivity index (χ2v) is 8.35. The molecule has 37 heavy (non-hydrogen) atoms. The summed E-state index contributed by atoms with van der Waals surface area (Å²) in [5, 5.41) is 17.5. The van der Waals surface area contributed by atoms with Gasteiger partial charge in [-0.15, -0.1) is 0 Å². The van der Waals surface area contributed by atoms with E-state index < -0.39 is 0 Å². The zero-order chi connectivity index (χ0) is 25.6. The van der Waals surface area contributed by atoms with Gasteiger partial charge in [0.1, 0.15) is 18.1 Å². The van der Waals surface area contributed by atoms with E-state index in [0.717, 1.165) is 32.7 Å². The average molecular weight is 486 g/mol. The Hall–Kier alpha value is -5.15. The van der Waals surface area contributed by atoms with E-state index in [1.54, 1.807) is 18.3 Å². The van der Waals surface area contributed by atoms with Crippen molar-refractivity contribution in [3.8, 4) is 17.6 Å². The van der Waals surface area contributed by atoms with E-state index in [0.29, 0.717) is 22.6 Å². The van der Waals surface area contributed by atoms with E-state index in [1.165, 1.54) is 7.11 Å². The van der Waals surface area contributed by atoms with Crippen molar-refractivity contribution >= 4 is 33.7 Å². The van der Waals surface area contributed by atoms with Crippen LogP contribution in [-0.2, 0) is 6.61 Å². The molecule has 0 unspecified atom stereocenters. The molecule has 0 aliphatic heterocycles. The molecule has 1 N–H and O–H groups in total. The largest absolute Gasteiger partial charge is 0.496 e. The number of nitriles is 1. The maximum Gasteiger partial charge on any atom is 0.275 e. The van der Waals surface area contributed by atoms with Crippen molar-refractivity contribution < 1.29 is 14.3 Å². The summed E-state index contributed by atoms with van der Waals surface area (Å²) in [5.74, 6) is 0.675. The molecule has 1 amide bonds. The highest BCUT2D eigenvalue weighted by atomic mass is 16.5. The molecule has 0 saturated heterocycles. The molecule has 5 aromatic rings. The van der Waals surface area contributed by atoms with Gasteiger partial charge in [0.05, 0.1) is 30.5 Å². The molecule has 5 rings (SSSR count). The molecular formula is C31H23N3O3. The zero-order valence-electron chi connectivity index (χ0n) is 20.1. The van der Waals surface area contributed by atoms with Crippen LogP contribution in [0.25, 0.3) is 21.5 Å². The quantitative estimate of drug-likeness (QED) is 0.219. The maximum absolute atomic E-state index is 13.0. The van der Waals surface area contributed by atoms with Crippen LogP contribution in [0.4, 0.5) is 0 Å². The third-order valence-corrected chi connectivity index (χ3v) is 6.12. The Morgan fingerprint density at radius 1 is 0.892 bits per heavy atom. The minimum absolute atomic E-state index is 0.226. The van der Waals surface area contributed by atoms with Crippen molar-refractivity contribution in [2.24, 2.45) is 5.10 Å². The van der Waals surface area contributed by atoms with Gasteiger partial charge in [-0.05, 0) is 45.8 Å². The van der Waals surface area contributed by atoms with E-state index in [4.69, 9.17) is 9.47 Å². The molecule has 0 fully saturated rings. The molecule has 0 heterocycles. The summed E-state index contributed by atoms with van der Waals surface area (Å²) >= 11 is 0. The number of carbonyl (C=O) groups is 1. The summed E-state index contributed by atoms with van der Waals surface area (Å²) in [7, 11) is 1.54. The van der Waals surface area contributed by atoms with Gasteiger partial charge in [-0.1, -0.05) is 72.8 Å². The highest BCUT2D eigenvalue weighted by Gasteiger charge is 2.14. The lowest BCUT2D eigenvalue weighted by Crippen LogP contribution is -2.18. The van der Waals surface area contributed by atoms with E-state index in [-0.39, 0.29) is 12.5 Å². The summed E-state index contributed by atoms with van der Waals surface area (Å²) in [6.07, 6.45) is 1.58. The average Bonchev–Trinajstić information content (AvgIpc) is 2.95. The highest BCUT2D eigenvalue weighted by Crippen LogP contribution is 2.28. The van der Waals surface area contributed by atoms with Gasteiger partial charge >= 0.3 is 0 Å². The number of rotatable bonds is 7. The van der Waals surface area contributed by atoms with Crippen molar-refractivity contribution in [3.63, 3.8) is 0 Å². The smallest absolute Gasteiger partial charge is 0.275 e. The van der Waals surface area contributed by atoms with E-state index in [1.807, 2.05) is 84.9 Å². The molecule has 6 nitrogen and oxygen atoms in total. The number of amides is 1. The van der Waals surface area contributed by atoms with Gasteiger partial charge < -0.3 is 9.47 Å². The second-order valence-electron chi connectivity index (χ2n) is 8.35. The summed E-state index contributed by atoms with van der Waals surface area (Å²) in [5.41, 5.74) is 5.09. The molecule has 0 saturated carbocycles. The summed E-state index contributed by atoms with van der Waals surface area (Å²) in [6.45, 7) is 0.226. The van der Waals surface area contributed by atoms with Gasteiger partial charge in [-0.25, -0.2) is 5.43 Å². The fraction of sp³-hybridized carbons (Fsp3) is 0.0645. The van der Waals surface area contributed by atoms with Crippen LogP contribution < -0.4 is 14.9 Å². The van der Waals surface area contributed by atoms with Crippen LogP contribution in [0.3, 0.4) is 0 Å². The molecule has 0 atom stereocenters. The molecule has 180 valence electrons. The molecule has 0 spiro atoms. The number of ether oxygens (including phenoxy) is 2. The first-order chi connectivity index (χ1) is 18.2. The number of fused-ring (bicyclic) bond motifs is 2. The number of benzene rings is 5. The number of hydrazone groups is 1. The van der Waals surface area contributed by atoms with E-state index >= 15 is 0 Å². The first-order valence-electron chi connectivity index (χ1n) is 11.7. The Labute approximate surface area is 214 Å². The van der Waals surface area contributed by atoms with E-state index in [9.17, 15) is 10.1 Å². The molecular weight excluding hydrogens is 462 g/mol. The normalized spacial score (nSPS) is 10.9. The Morgan fingerprint density at radius 3 is 2.38 bits per heavy atom. The van der Waals surface area contributed by atoms with Crippen molar-refractivity contribution in [3.05, 3.63) is 119 Å². The van der Waals surface area contributed by atoms with Crippen LogP contribution in [0.1, 0.15) is 27.0 Å². The van der Waals surface area contributed by atoms with E-state index in [2.05, 4.69) is 16.6 Å². The zero-order valence-corrected chi connectivity index (χ0v) is 20.1. The van der Waals surface area contributed by atoms with Gasteiger partial charge in [-0.2, -0.15) is 10.4 Å². The SMILES string of the molecule is COc1cc2ccccc2cc1C(=O)NN=Cc1c(OCc2ccccc2C#N)ccc2ccccc12. The van der Waals surface area contributed by atoms with Gasteiger partial charge in [0.25, 0.3) is 5.91 Å². The molecule has 0 aliphatic carbocycles. The number of methoxy groups -OCH3 is 1. The summed E-state index contributed by atoms with van der Waals surface area (Å²) in [4.78, 5) is 13.0. The number of hydrogen-bond donors (Lipinski definition) is 1. The molecule has 6 heteroatoms. The van der Waals surface area contributed by atoms with Crippen molar-refractivity contribution in [1.82, 2.24) is 5.43 Å². The van der Waals surface area contributed by atoms with Crippen LogP contribution >= 0.6 is 0 Å².